The number of carbonyl (C=O) groups excluding carboxylic acids is 4. The highest BCUT2D eigenvalue weighted by molar-refractivity contribution is 9.10. The number of rotatable bonds is 8. The zero-order valence-corrected chi connectivity index (χ0v) is 36.1. The van der Waals surface area contributed by atoms with Gasteiger partial charge in [-0.3, -0.25) is 29.5 Å². The maximum Gasteiger partial charge on any atom is 0.260 e. The number of phenolic OH excluding ortho intramolecular Hbond substituents is 1. The summed E-state index contributed by atoms with van der Waals surface area (Å²) in [6.07, 6.45) is 2.23. The number of hydrogen-bond acceptors (Lipinski definition) is 10. The van der Waals surface area contributed by atoms with Crippen LogP contribution in [0.1, 0.15) is 29.9 Å². The topological polar surface area (TPSA) is 152 Å². The number of hydrogen-bond donors (Lipinski definition) is 2. The number of allylic oxidation sites excluding steroid dienone is 2. The summed E-state index contributed by atoms with van der Waals surface area (Å²) in [5.74, 6) is -5.11. The molecule has 0 radical (unpaired) electrons. The molecule has 312 valence electrons. The van der Waals surface area contributed by atoms with Gasteiger partial charge < -0.3 is 19.0 Å². The normalized spacial score (nSPS) is 24.2. The molecular weight excluding hydrogens is 899 g/mol. The van der Waals surface area contributed by atoms with Crippen LogP contribution in [0, 0.1) is 23.7 Å². The summed E-state index contributed by atoms with van der Waals surface area (Å²) in [5.41, 5.74) is 5.87. The number of aromatic hydroxyl groups is 1. The minimum absolute atomic E-state index is 0.0620. The van der Waals surface area contributed by atoms with Crippen LogP contribution in [0.25, 0.3) is 22.6 Å². The lowest BCUT2D eigenvalue weighted by atomic mass is 9.49. The van der Waals surface area contributed by atoms with Gasteiger partial charge in [0.05, 0.1) is 58.3 Å². The second kappa shape index (κ2) is 15.0. The van der Waals surface area contributed by atoms with Crippen molar-refractivity contribution >= 4 is 85.2 Å². The van der Waals surface area contributed by atoms with Gasteiger partial charge in [-0.2, -0.15) is 5.01 Å². The average molecular weight is 935 g/mol. The number of fused-ring (bicyclic) bond motifs is 5. The van der Waals surface area contributed by atoms with Gasteiger partial charge in [-0.1, -0.05) is 59.1 Å². The summed E-state index contributed by atoms with van der Waals surface area (Å²) in [4.78, 5) is 65.9. The summed E-state index contributed by atoms with van der Waals surface area (Å²) in [6.45, 7) is 0. The number of ether oxygens (including phenoxy) is 2. The molecule has 1 aromatic heterocycles. The Hall–Kier alpha value is -6.15. The highest BCUT2D eigenvalue weighted by Gasteiger charge is 2.70. The van der Waals surface area contributed by atoms with Crippen molar-refractivity contribution in [3.05, 3.63) is 140 Å². The number of hydrazine groups is 1. The molecule has 4 amide bonds. The Morgan fingerprint density at radius 2 is 1.63 bits per heavy atom. The third-order valence-electron chi connectivity index (χ3n) is 12.9. The number of para-hydroxylation sites is 2. The van der Waals surface area contributed by atoms with Crippen LogP contribution in [0.5, 0.6) is 17.2 Å². The largest absolute Gasteiger partial charge is 0.503 e. The molecule has 2 aliphatic carbocycles. The number of amides is 4. The van der Waals surface area contributed by atoms with Crippen LogP contribution in [-0.4, -0.2) is 52.9 Å². The summed E-state index contributed by atoms with van der Waals surface area (Å²) < 4.78 is 17.4. The summed E-state index contributed by atoms with van der Waals surface area (Å²) in [5, 5.41) is 12.6. The van der Waals surface area contributed by atoms with E-state index in [1.165, 1.54) is 25.2 Å². The second-order valence-electron chi connectivity index (χ2n) is 15.8. The number of nitrogens with zero attached hydrogens (tertiary/aromatic N) is 3. The van der Waals surface area contributed by atoms with Crippen molar-refractivity contribution in [1.29, 1.82) is 0 Å². The first-order valence-electron chi connectivity index (χ1n) is 19.8. The number of anilines is 2. The Kier molecular flexibility index (Phi) is 9.69. The molecule has 4 aliphatic rings. The molecule has 62 heavy (non-hydrogen) atoms. The Morgan fingerprint density at radius 3 is 2.34 bits per heavy atom. The lowest BCUT2D eigenvalue weighted by molar-refractivity contribution is -0.138. The molecule has 6 aromatic rings. The molecule has 10 rings (SSSR count). The SMILES string of the molecule is COc1ccc(C23C(=O)N(Nc4ccc(Cl)cc4Cl)C(=O)C2CC2C(=CCC4C(=O)N(c5ccc(-c6nc7ccccc7o6)cc5)C(=O)C42)C3c2cc(Br)c(O)c(OC)c2)cc1. The first-order valence-corrected chi connectivity index (χ1v) is 21.3. The number of benzene rings is 5. The van der Waals surface area contributed by atoms with Crippen molar-refractivity contribution < 1.29 is 38.2 Å². The van der Waals surface area contributed by atoms with Gasteiger partial charge in [0.1, 0.15) is 11.3 Å². The van der Waals surface area contributed by atoms with Gasteiger partial charge in [0.25, 0.3) is 11.8 Å². The number of nitrogens with one attached hydrogen (secondary N) is 1. The van der Waals surface area contributed by atoms with Gasteiger partial charge >= 0.3 is 0 Å². The molecular formula is C47H35BrCl2N4O8. The molecule has 5 aromatic carbocycles. The van der Waals surface area contributed by atoms with Crippen LogP contribution in [0.4, 0.5) is 11.4 Å². The van der Waals surface area contributed by atoms with Crippen molar-refractivity contribution in [2.45, 2.75) is 24.2 Å². The van der Waals surface area contributed by atoms with E-state index in [1.807, 2.05) is 30.3 Å². The maximum atomic E-state index is 15.6. The van der Waals surface area contributed by atoms with Crippen LogP contribution >= 0.6 is 39.1 Å². The highest BCUT2D eigenvalue weighted by atomic mass is 79.9. The lowest BCUT2D eigenvalue weighted by Crippen LogP contribution is -2.53. The molecule has 15 heteroatoms. The average Bonchev–Trinajstić information content (AvgIpc) is 3.90. The van der Waals surface area contributed by atoms with E-state index >= 15 is 9.59 Å². The fourth-order valence-electron chi connectivity index (χ4n) is 10.1. The first kappa shape index (κ1) is 40.0. The van der Waals surface area contributed by atoms with Crippen molar-refractivity contribution in [3.8, 4) is 28.7 Å². The Balaban J connectivity index is 1.10. The first-order chi connectivity index (χ1) is 29.9. The number of aromatic nitrogens is 1. The Morgan fingerprint density at radius 1 is 0.871 bits per heavy atom. The van der Waals surface area contributed by atoms with E-state index in [-0.39, 0.29) is 41.0 Å². The Bertz CT molecular complexity index is 2870. The van der Waals surface area contributed by atoms with E-state index in [4.69, 9.17) is 37.1 Å². The van der Waals surface area contributed by atoms with Crippen LogP contribution < -0.4 is 19.8 Å². The van der Waals surface area contributed by atoms with E-state index in [0.29, 0.717) is 54.6 Å². The molecule has 3 fully saturated rings. The zero-order chi connectivity index (χ0) is 43.2. The molecule has 3 heterocycles. The van der Waals surface area contributed by atoms with Gasteiger partial charge in [-0.05, 0) is 125 Å². The van der Waals surface area contributed by atoms with E-state index in [0.717, 1.165) is 10.6 Å². The maximum absolute atomic E-state index is 15.6. The fraction of sp³-hybridized carbons (Fsp3) is 0.213. The van der Waals surface area contributed by atoms with Gasteiger partial charge in [-0.25, -0.2) is 4.98 Å². The molecule has 2 saturated heterocycles. The highest BCUT2D eigenvalue weighted by Crippen LogP contribution is 2.65. The molecule has 0 spiro atoms. The van der Waals surface area contributed by atoms with E-state index in [9.17, 15) is 14.7 Å². The van der Waals surface area contributed by atoms with Crippen LogP contribution in [0.2, 0.25) is 10.0 Å². The molecule has 6 unspecified atom stereocenters. The minimum atomic E-state index is -1.61. The predicted molar refractivity (Wildman–Crippen MR) is 235 cm³/mol. The monoisotopic (exact) mass is 932 g/mol. The third kappa shape index (κ3) is 5.96. The van der Waals surface area contributed by atoms with Gasteiger partial charge in [-0.15, -0.1) is 0 Å². The van der Waals surface area contributed by atoms with Crippen LogP contribution in [0.3, 0.4) is 0 Å². The quantitative estimate of drug-likeness (QED) is 0.112. The number of phenols is 1. The molecule has 0 bridgehead atoms. The van der Waals surface area contributed by atoms with E-state index in [2.05, 4.69) is 26.3 Å². The van der Waals surface area contributed by atoms with Gasteiger partial charge in [0.15, 0.2) is 17.1 Å². The molecule has 2 aliphatic heterocycles. The van der Waals surface area contributed by atoms with Gasteiger partial charge in [0, 0.05) is 16.5 Å². The van der Waals surface area contributed by atoms with E-state index in [1.54, 1.807) is 72.8 Å². The smallest absolute Gasteiger partial charge is 0.260 e. The van der Waals surface area contributed by atoms with Crippen molar-refractivity contribution in [2.24, 2.45) is 23.7 Å². The van der Waals surface area contributed by atoms with Gasteiger partial charge in [0.2, 0.25) is 17.7 Å². The van der Waals surface area contributed by atoms with Crippen molar-refractivity contribution in [1.82, 2.24) is 9.99 Å². The fourth-order valence-corrected chi connectivity index (χ4v) is 11.0. The van der Waals surface area contributed by atoms with E-state index < -0.39 is 52.7 Å². The number of halogens is 3. The summed E-state index contributed by atoms with van der Waals surface area (Å²) in [7, 11) is 2.96. The second-order valence-corrected chi connectivity index (χ2v) is 17.5. The molecule has 6 atom stereocenters. The zero-order valence-electron chi connectivity index (χ0n) is 33.0. The lowest BCUT2D eigenvalue weighted by Gasteiger charge is -2.50. The third-order valence-corrected chi connectivity index (χ3v) is 14.0. The summed E-state index contributed by atoms with van der Waals surface area (Å²) in [6, 6.07) is 29.4. The minimum Gasteiger partial charge on any atom is -0.503 e. The number of imide groups is 2. The molecule has 1 saturated carbocycles. The summed E-state index contributed by atoms with van der Waals surface area (Å²) >= 11 is 16.3. The standard InChI is InChI=1S/C47H35BrCl2N4O8/c1-60-28-14-9-25(10-15-28)47-32(44(57)54(46(47)59)52-35-18-11-26(49)21-34(35)50)22-31-29(40(47)24-19-33(48)41(55)38(20-24)61-2)16-17-30-39(31)45(58)53(43(30)56)27-12-7-23(8-13-27)42-51-36-5-3-4-6-37(36)62-42/h3-16,18-21,30-32,39-40,52,55H,17,22H2,1-2H3. The van der Waals surface area contributed by atoms with Crippen molar-refractivity contribution in [2.75, 3.05) is 24.5 Å². The molecule has 12 nitrogen and oxygen atoms in total. The van der Waals surface area contributed by atoms with Crippen LogP contribution in [0.15, 0.2) is 124 Å². The number of carbonyl (C=O) groups is 4. The number of oxazole rings is 1. The predicted octanol–water partition coefficient (Wildman–Crippen LogP) is 9.48. The molecule has 2 N–H and O–H groups in total. The van der Waals surface area contributed by atoms with Crippen molar-refractivity contribution in [3.63, 3.8) is 0 Å². The number of methoxy groups -OCH3 is 2. The van der Waals surface area contributed by atoms with Crippen LogP contribution in [-0.2, 0) is 24.6 Å². The Labute approximate surface area is 373 Å².